The molecule has 0 aliphatic rings. The van der Waals surface area contributed by atoms with E-state index in [-0.39, 0.29) is 31.4 Å². The first-order valence-electron chi connectivity index (χ1n) is 11.0. The van der Waals surface area contributed by atoms with E-state index in [4.69, 9.17) is 8.83 Å². The van der Waals surface area contributed by atoms with Gasteiger partial charge in [0.2, 0.25) is 5.91 Å². The average molecular weight is 490 g/mol. The topological polar surface area (TPSA) is 106 Å². The monoisotopic (exact) mass is 489 g/mol. The molecule has 1 unspecified atom stereocenters. The molecule has 0 fully saturated rings. The number of carbonyl (C=O) groups excluding carboxylic acids is 2. The van der Waals surface area contributed by atoms with Gasteiger partial charge in [0.1, 0.15) is 29.3 Å². The fraction of sp³-hybridized carbons (Fsp3) is 0.200. The molecule has 0 saturated heterocycles. The number of amides is 2. The molecule has 0 aliphatic carbocycles. The number of benzene rings is 1. The quantitative estimate of drug-likeness (QED) is 0.335. The summed E-state index contributed by atoms with van der Waals surface area (Å²) in [4.78, 5) is 29.7. The van der Waals surface area contributed by atoms with Crippen LogP contribution in [-0.4, -0.2) is 31.7 Å². The summed E-state index contributed by atoms with van der Waals surface area (Å²) in [5.74, 6) is 0.978. The van der Waals surface area contributed by atoms with E-state index in [1.54, 1.807) is 42.1 Å². The van der Waals surface area contributed by atoms with Crippen LogP contribution in [0.25, 0.3) is 11.0 Å². The highest BCUT2D eigenvalue weighted by Gasteiger charge is 2.34. The number of aromatic nitrogens is 3. The summed E-state index contributed by atoms with van der Waals surface area (Å²) in [6.07, 6.45) is 1.55. The van der Waals surface area contributed by atoms with Crippen molar-refractivity contribution in [2.75, 3.05) is 0 Å². The molecule has 9 nitrogen and oxygen atoms in total. The molecule has 4 heterocycles. The number of para-hydroxylation sites is 1. The highest BCUT2D eigenvalue weighted by Crippen LogP contribution is 2.27. The van der Waals surface area contributed by atoms with Crippen LogP contribution in [0, 0.1) is 6.92 Å². The van der Waals surface area contributed by atoms with Crippen LogP contribution in [0.2, 0.25) is 0 Å². The maximum absolute atomic E-state index is 13.7. The second-order valence-corrected chi connectivity index (χ2v) is 9.02. The van der Waals surface area contributed by atoms with Crippen molar-refractivity contribution >= 4 is 34.2 Å². The summed E-state index contributed by atoms with van der Waals surface area (Å²) in [5, 5.41) is 13.1. The summed E-state index contributed by atoms with van der Waals surface area (Å²) in [6.45, 7) is 2.15. The SMILES string of the molecule is Cc1ccc(C(C(=O)NCc2ccco2)N(Cc2cccs2)C(=O)Cn2nnc3ccccc32)o1. The van der Waals surface area contributed by atoms with Crippen molar-refractivity contribution in [3.8, 4) is 0 Å². The Morgan fingerprint density at radius 2 is 2.00 bits per heavy atom. The van der Waals surface area contributed by atoms with Crippen LogP contribution in [-0.2, 0) is 29.2 Å². The highest BCUT2D eigenvalue weighted by molar-refractivity contribution is 7.09. The predicted molar refractivity (Wildman–Crippen MR) is 129 cm³/mol. The van der Waals surface area contributed by atoms with E-state index in [9.17, 15) is 9.59 Å². The van der Waals surface area contributed by atoms with Gasteiger partial charge in [-0.05, 0) is 54.8 Å². The van der Waals surface area contributed by atoms with Crippen LogP contribution >= 0.6 is 11.3 Å². The van der Waals surface area contributed by atoms with Crippen LogP contribution < -0.4 is 5.32 Å². The first-order chi connectivity index (χ1) is 17.1. The van der Waals surface area contributed by atoms with Crippen LogP contribution in [0.5, 0.6) is 0 Å². The summed E-state index contributed by atoms with van der Waals surface area (Å²) in [7, 11) is 0. The van der Waals surface area contributed by atoms with Gasteiger partial charge < -0.3 is 19.1 Å². The number of hydrogen-bond donors (Lipinski definition) is 1. The van der Waals surface area contributed by atoms with E-state index in [1.807, 2.05) is 41.8 Å². The third-order valence-electron chi connectivity index (χ3n) is 5.54. The van der Waals surface area contributed by atoms with Gasteiger partial charge in [-0.3, -0.25) is 9.59 Å². The number of hydrogen-bond acceptors (Lipinski definition) is 7. The van der Waals surface area contributed by atoms with Crippen LogP contribution in [0.15, 0.2) is 81.1 Å². The van der Waals surface area contributed by atoms with E-state index >= 15 is 0 Å². The van der Waals surface area contributed by atoms with Gasteiger partial charge in [0.05, 0.1) is 24.9 Å². The molecule has 0 aliphatic heterocycles. The van der Waals surface area contributed by atoms with Gasteiger partial charge in [0.25, 0.3) is 5.91 Å². The zero-order valence-electron chi connectivity index (χ0n) is 19.0. The molecule has 5 rings (SSSR count). The predicted octanol–water partition coefficient (Wildman–Crippen LogP) is 4.07. The largest absolute Gasteiger partial charge is 0.467 e. The smallest absolute Gasteiger partial charge is 0.251 e. The molecule has 5 aromatic rings. The van der Waals surface area contributed by atoms with E-state index in [1.165, 1.54) is 16.2 Å². The molecule has 2 amide bonds. The van der Waals surface area contributed by atoms with Gasteiger partial charge in [0, 0.05) is 4.88 Å². The first kappa shape index (κ1) is 22.6. The molecule has 0 saturated carbocycles. The standard InChI is InChI=1S/C25H23N5O4S/c1-17-10-11-22(34-17)24(25(32)26-14-18-6-4-12-33-18)29(15-19-7-5-13-35-19)23(31)16-30-21-9-3-2-8-20(21)27-28-30/h2-13,24H,14-16H2,1H3,(H,26,32). The number of aryl methyl sites for hydroxylation is 1. The number of furan rings is 2. The maximum Gasteiger partial charge on any atom is 0.251 e. The van der Waals surface area contributed by atoms with Crippen molar-refractivity contribution in [2.24, 2.45) is 0 Å². The normalized spacial score (nSPS) is 12.0. The molecule has 0 bridgehead atoms. The second kappa shape index (κ2) is 9.98. The third-order valence-corrected chi connectivity index (χ3v) is 6.40. The van der Waals surface area contributed by atoms with Crippen LogP contribution in [0.3, 0.4) is 0 Å². The Balaban J connectivity index is 1.47. The third kappa shape index (κ3) is 5.02. The maximum atomic E-state index is 13.7. The summed E-state index contributed by atoms with van der Waals surface area (Å²) in [5.41, 5.74) is 1.43. The van der Waals surface area contributed by atoms with Crippen molar-refractivity contribution in [3.05, 3.63) is 94.5 Å². The molecule has 1 N–H and O–H groups in total. The zero-order valence-corrected chi connectivity index (χ0v) is 19.8. The Morgan fingerprint density at radius 3 is 2.74 bits per heavy atom. The minimum Gasteiger partial charge on any atom is -0.467 e. The van der Waals surface area contributed by atoms with Crippen molar-refractivity contribution in [1.29, 1.82) is 0 Å². The Morgan fingerprint density at radius 1 is 1.11 bits per heavy atom. The Hall–Kier alpha value is -4.18. The lowest BCUT2D eigenvalue weighted by molar-refractivity contribution is -0.143. The molecule has 0 spiro atoms. The number of carbonyl (C=O) groups is 2. The van der Waals surface area contributed by atoms with Gasteiger partial charge in [-0.15, -0.1) is 16.4 Å². The number of fused-ring (bicyclic) bond motifs is 1. The zero-order chi connectivity index (χ0) is 24.2. The molecular weight excluding hydrogens is 466 g/mol. The summed E-state index contributed by atoms with van der Waals surface area (Å²) < 4.78 is 12.7. The molecule has 10 heteroatoms. The van der Waals surface area contributed by atoms with Crippen LogP contribution in [0.1, 0.15) is 28.2 Å². The fourth-order valence-electron chi connectivity index (χ4n) is 3.86. The second-order valence-electron chi connectivity index (χ2n) is 7.98. The van der Waals surface area contributed by atoms with Gasteiger partial charge >= 0.3 is 0 Å². The molecule has 0 radical (unpaired) electrons. The molecular formula is C25H23N5O4S. The Kier molecular flexibility index (Phi) is 6.44. The lowest BCUT2D eigenvalue weighted by atomic mass is 10.1. The lowest BCUT2D eigenvalue weighted by Crippen LogP contribution is -2.44. The molecule has 1 aromatic carbocycles. The van der Waals surface area contributed by atoms with Crippen molar-refractivity contribution in [2.45, 2.75) is 32.6 Å². The van der Waals surface area contributed by atoms with Crippen molar-refractivity contribution in [3.63, 3.8) is 0 Å². The molecule has 178 valence electrons. The van der Waals surface area contributed by atoms with Gasteiger partial charge in [-0.25, -0.2) is 4.68 Å². The van der Waals surface area contributed by atoms with Crippen molar-refractivity contribution < 1.29 is 18.4 Å². The number of nitrogens with zero attached hydrogens (tertiary/aromatic N) is 4. The van der Waals surface area contributed by atoms with E-state index in [0.717, 1.165) is 10.4 Å². The van der Waals surface area contributed by atoms with E-state index < -0.39 is 6.04 Å². The average Bonchev–Trinajstić information content (AvgIpc) is 3.67. The van der Waals surface area contributed by atoms with E-state index in [0.29, 0.717) is 22.8 Å². The minimum absolute atomic E-state index is 0.0759. The number of nitrogens with one attached hydrogen (secondary N) is 1. The summed E-state index contributed by atoms with van der Waals surface area (Å²) >= 11 is 1.51. The molecule has 4 aromatic heterocycles. The Bertz CT molecular complexity index is 1420. The Labute approximate surface area is 204 Å². The lowest BCUT2D eigenvalue weighted by Gasteiger charge is -2.29. The number of rotatable bonds is 9. The first-order valence-corrected chi connectivity index (χ1v) is 11.9. The fourth-order valence-corrected chi connectivity index (χ4v) is 4.56. The van der Waals surface area contributed by atoms with E-state index in [2.05, 4.69) is 15.6 Å². The highest BCUT2D eigenvalue weighted by atomic mass is 32.1. The molecule has 1 atom stereocenters. The van der Waals surface area contributed by atoms with Gasteiger partial charge in [-0.1, -0.05) is 23.4 Å². The summed E-state index contributed by atoms with van der Waals surface area (Å²) in [6, 6.07) is 17.3. The van der Waals surface area contributed by atoms with Crippen LogP contribution in [0.4, 0.5) is 0 Å². The van der Waals surface area contributed by atoms with Crippen molar-refractivity contribution in [1.82, 2.24) is 25.2 Å². The molecule has 35 heavy (non-hydrogen) atoms. The number of thiophene rings is 1. The van der Waals surface area contributed by atoms with Gasteiger partial charge in [0.15, 0.2) is 6.04 Å². The van der Waals surface area contributed by atoms with Gasteiger partial charge in [-0.2, -0.15) is 0 Å². The minimum atomic E-state index is -0.983.